The summed E-state index contributed by atoms with van der Waals surface area (Å²) in [4.78, 5) is 2.36. The number of benzene rings is 2. The van der Waals surface area contributed by atoms with Gasteiger partial charge in [0.15, 0.2) is 0 Å². The van der Waals surface area contributed by atoms with Gasteiger partial charge in [0.05, 0.1) is 0 Å². The molecule has 21 heavy (non-hydrogen) atoms. The third kappa shape index (κ3) is 4.63. The smallest absolute Gasteiger partial charge is 0.0465 e. The SMILES string of the molecule is CC(C)N(Cc1ccc(N)cc1)Cc1ccc(Cl)cc1Cl. The molecule has 0 aromatic heterocycles. The Morgan fingerprint density at radius 1 is 1.00 bits per heavy atom. The van der Waals surface area contributed by atoms with Gasteiger partial charge in [-0.2, -0.15) is 0 Å². The maximum absolute atomic E-state index is 6.27. The first-order valence-corrected chi connectivity index (χ1v) is 7.73. The minimum absolute atomic E-state index is 0.411. The monoisotopic (exact) mass is 322 g/mol. The van der Waals surface area contributed by atoms with Crippen LogP contribution in [0.3, 0.4) is 0 Å². The highest BCUT2D eigenvalue weighted by atomic mass is 35.5. The van der Waals surface area contributed by atoms with Gasteiger partial charge in [0.1, 0.15) is 0 Å². The van der Waals surface area contributed by atoms with Gasteiger partial charge in [0.25, 0.3) is 0 Å². The van der Waals surface area contributed by atoms with Crippen molar-refractivity contribution in [3.05, 3.63) is 63.6 Å². The second-order valence-electron chi connectivity index (χ2n) is 5.48. The molecule has 2 nitrogen and oxygen atoms in total. The second-order valence-corrected chi connectivity index (χ2v) is 6.32. The van der Waals surface area contributed by atoms with E-state index in [1.807, 2.05) is 24.3 Å². The summed E-state index contributed by atoms with van der Waals surface area (Å²) in [6.45, 7) is 6.01. The highest BCUT2D eigenvalue weighted by molar-refractivity contribution is 6.35. The van der Waals surface area contributed by atoms with Gasteiger partial charge < -0.3 is 5.73 Å². The van der Waals surface area contributed by atoms with Crippen LogP contribution in [0.5, 0.6) is 0 Å². The van der Waals surface area contributed by atoms with E-state index in [2.05, 4.69) is 30.9 Å². The predicted molar refractivity (Wildman–Crippen MR) is 91.7 cm³/mol. The van der Waals surface area contributed by atoms with Crippen molar-refractivity contribution >= 4 is 28.9 Å². The number of anilines is 1. The number of hydrogen-bond donors (Lipinski definition) is 1. The quantitative estimate of drug-likeness (QED) is 0.786. The first-order valence-electron chi connectivity index (χ1n) is 6.98. The lowest BCUT2D eigenvalue weighted by molar-refractivity contribution is 0.204. The summed E-state index contributed by atoms with van der Waals surface area (Å²) < 4.78 is 0. The van der Waals surface area contributed by atoms with Crippen LogP contribution in [0.25, 0.3) is 0 Å². The minimum Gasteiger partial charge on any atom is -0.399 e. The summed E-state index contributed by atoms with van der Waals surface area (Å²) in [5.74, 6) is 0. The van der Waals surface area contributed by atoms with Gasteiger partial charge in [0, 0.05) is 34.9 Å². The van der Waals surface area contributed by atoms with E-state index in [9.17, 15) is 0 Å². The van der Waals surface area contributed by atoms with Crippen LogP contribution >= 0.6 is 23.2 Å². The third-order valence-electron chi connectivity index (χ3n) is 3.48. The normalized spacial score (nSPS) is 11.3. The van der Waals surface area contributed by atoms with Crippen molar-refractivity contribution in [2.45, 2.75) is 33.0 Å². The fourth-order valence-electron chi connectivity index (χ4n) is 2.15. The Morgan fingerprint density at radius 3 is 2.24 bits per heavy atom. The van der Waals surface area contributed by atoms with Crippen molar-refractivity contribution in [2.24, 2.45) is 0 Å². The van der Waals surface area contributed by atoms with Crippen LogP contribution < -0.4 is 5.73 Å². The molecule has 2 aromatic carbocycles. The summed E-state index contributed by atoms with van der Waals surface area (Å²) >= 11 is 12.2. The molecule has 0 aliphatic rings. The Labute approximate surface area is 136 Å². The van der Waals surface area contributed by atoms with E-state index in [0.717, 1.165) is 24.3 Å². The lowest BCUT2D eigenvalue weighted by Gasteiger charge is -2.27. The summed E-state index contributed by atoms with van der Waals surface area (Å²) in [7, 11) is 0. The molecule has 0 saturated heterocycles. The van der Waals surface area contributed by atoms with Crippen molar-refractivity contribution in [2.75, 3.05) is 5.73 Å². The lowest BCUT2D eigenvalue weighted by atomic mass is 10.1. The van der Waals surface area contributed by atoms with Crippen LogP contribution in [-0.2, 0) is 13.1 Å². The largest absolute Gasteiger partial charge is 0.399 e. The number of nitrogens with zero attached hydrogens (tertiary/aromatic N) is 1. The fourth-order valence-corrected chi connectivity index (χ4v) is 2.62. The molecule has 2 rings (SSSR count). The van der Waals surface area contributed by atoms with Crippen molar-refractivity contribution in [3.63, 3.8) is 0 Å². The maximum atomic E-state index is 6.27. The Morgan fingerprint density at radius 2 is 1.67 bits per heavy atom. The molecule has 0 spiro atoms. The molecule has 112 valence electrons. The van der Waals surface area contributed by atoms with Gasteiger partial charge in [-0.25, -0.2) is 0 Å². The molecular weight excluding hydrogens is 303 g/mol. The average Bonchev–Trinajstić information content (AvgIpc) is 2.43. The second kappa shape index (κ2) is 7.17. The van der Waals surface area contributed by atoms with Crippen molar-refractivity contribution in [1.82, 2.24) is 4.90 Å². The van der Waals surface area contributed by atoms with E-state index < -0.39 is 0 Å². The van der Waals surface area contributed by atoms with Crippen LogP contribution in [0.2, 0.25) is 10.0 Å². The number of rotatable bonds is 5. The topological polar surface area (TPSA) is 29.3 Å². The number of hydrogen-bond acceptors (Lipinski definition) is 2. The molecular formula is C17H20Cl2N2. The van der Waals surface area contributed by atoms with Crippen LogP contribution in [0, 0.1) is 0 Å². The Balaban J connectivity index is 2.13. The Kier molecular flexibility index (Phi) is 5.51. The standard InChI is InChI=1S/C17H20Cl2N2/c1-12(2)21(10-13-3-7-16(20)8-4-13)11-14-5-6-15(18)9-17(14)19/h3-9,12H,10-11,20H2,1-2H3. The Hall–Kier alpha value is -1.22. The summed E-state index contributed by atoms with van der Waals surface area (Å²) in [6, 6.07) is 14.1. The first kappa shape index (κ1) is 16.2. The molecule has 0 saturated carbocycles. The highest BCUT2D eigenvalue weighted by Crippen LogP contribution is 2.24. The molecule has 0 amide bonds. The van der Waals surface area contributed by atoms with E-state index in [1.165, 1.54) is 5.56 Å². The van der Waals surface area contributed by atoms with Gasteiger partial charge in [-0.15, -0.1) is 0 Å². The first-order chi connectivity index (χ1) is 9.95. The zero-order valence-electron chi connectivity index (χ0n) is 12.3. The maximum Gasteiger partial charge on any atom is 0.0465 e. The van der Waals surface area contributed by atoms with Crippen molar-refractivity contribution < 1.29 is 0 Å². The molecule has 0 heterocycles. The average molecular weight is 323 g/mol. The van der Waals surface area contributed by atoms with Crippen LogP contribution in [-0.4, -0.2) is 10.9 Å². The summed E-state index contributed by atoms with van der Waals surface area (Å²) in [5, 5.41) is 1.38. The van der Waals surface area contributed by atoms with Crippen molar-refractivity contribution in [3.8, 4) is 0 Å². The van der Waals surface area contributed by atoms with E-state index in [0.29, 0.717) is 16.1 Å². The molecule has 0 radical (unpaired) electrons. The molecule has 2 aromatic rings. The molecule has 4 heteroatoms. The van der Waals surface area contributed by atoms with Crippen LogP contribution in [0.1, 0.15) is 25.0 Å². The van der Waals surface area contributed by atoms with Gasteiger partial charge in [-0.05, 0) is 49.2 Å². The predicted octanol–water partition coefficient (Wildman–Crippen LogP) is 4.99. The van der Waals surface area contributed by atoms with E-state index in [-0.39, 0.29) is 0 Å². The number of nitrogens with two attached hydrogens (primary N) is 1. The molecule has 0 bridgehead atoms. The summed E-state index contributed by atoms with van der Waals surface area (Å²) in [5.41, 5.74) is 8.85. The number of nitrogen functional groups attached to an aromatic ring is 1. The van der Waals surface area contributed by atoms with Gasteiger partial charge >= 0.3 is 0 Å². The molecule has 2 N–H and O–H groups in total. The highest BCUT2D eigenvalue weighted by Gasteiger charge is 2.13. The molecule has 0 aliphatic carbocycles. The lowest BCUT2D eigenvalue weighted by Crippen LogP contribution is -2.29. The minimum atomic E-state index is 0.411. The van der Waals surface area contributed by atoms with Crippen LogP contribution in [0.15, 0.2) is 42.5 Å². The van der Waals surface area contributed by atoms with Crippen molar-refractivity contribution in [1.29, 1.82) is 0 Å². The zero-order valence-corrected chi connectivity index (χ0v) is 13.8. The molecule has 0 atom stereocenters. The third-order valence-corrected chi connectivity index (χ3v) is 4.07. The fraction of sp³-hybridized carbons (Fsp3) is 0.294. The van der Waals surface area contributed by atoms with Gasteiger partial charge in [0.2, 0.25) is 0 Å². The van der Waals surface area contributed by atoms with Gasteiger partial charge in [-0.1, -0.05) is 41.4 Å². The van der Waals surface area contributed by atoms with E-state index in [1.54, 1.807) is 6.07 Å². The molecule has 0 aliphatic heterocycles. The molecule has 0 unspecified atom stereocenters. The van der Waals surface area contributed by atoms with Gasteiger partial charge in [-0.3, -0.25) is 4.90 Å². The van der Waals surface area contributed by atoms with E-state index >= 15 is 0 Å². The summed E-state index contributed by atoms with van der Waals surface area (Å²) in [6.07, 6.45) is 0. The van der Waals surface area contributed by atoms with E-state index in [4.69, 9.17) is 28.9 Å². The van der Waals surface area contributed by atoms with Crippen LogP contribution in [0.4, 0.5) is 5.69 Å². The zero-order chi connectivity index (χ0) is 15.4. The Bertz CT molecular complexity index is 594. The molecule has 0 fully saturated rings. The number of halogens is 2.